The van der Waals surface area contributed by atoms with Crippen LogP contribution >= 0.6 is 0 Å². The van der Waals surface area contributed by atoms with Gasteiger partial charge in [0, 0.05) is 19.8 Å². The maximum Gasteiger partial charge on any atom is 0.311 e. The molecule has 0 aliphatic carbocycles. The molecule has 0 N–H and O–H groups in total. The van der Waals surface area contributed by atoms with Crippen LogP contribution in [0.25, 0.3) is 0 Å². The Labute approximate surface area is 326 Å². The van der Waals surface area contributed by atoms with Crippen molar-refractivity contribution < 1.29 is 38.0 Å². The lowest BCUT2D eigenvalue weighted by Gasteiger charge is -2.35. The van der Waals surface area contributed by atoms with E-state index < -0.39 is 0 Å². The van der Waals surface area contributed by atoms with Crippen molar-refractivity contribution in [1.29, 1.82) is 0 Å². The summed E-state index contributed by atoms with van der Waals surface area (Å²) in [5, 5.41) is 0. The fourth-order valence-corrected chi connectivity index (χ4v) is 6.74. The first kappa shape index (κ1) is 49.8. The highest BCUT2D eigenvalue weighted by atomic mass is 16.6. The highest BCUT2D eigenvalue weighted by Gasteiger charge is 2.37. The number of ether oxygens (including phenoxy) is 6. The van der Waals surface area contributed by atoms with Crippen molar-refractivity contribution in [3.8, 4) is 0 Å². The van der Waals surface area contributed by atoms with Gasteiger partial charge in [0.15, 0.2) is 0 Å². The van der Waals surface area contributed by atoms with E-state index in [0.29, 0.717) is 46.2 Å². The minimum atomic E-state index is -0.352. The molecule has 53 heavy (non-hydrogen) atoms. The first-order valence-corrected chi connectivity index (χ1v) is 22.2. The molecule has 1 saturated heterocycles. The van der Waals surface area contributed by atoms with E-state index in [2.05, 4.69) is 32.7 Å². The summed E-state index contributed by atoms with van der Waals surface area (Å²) in [5.74, 6) is 0.0417. The van der Waals surface area contributed by atoms with Crippen molar-refractivity contribution in [2.45, 2.75) is 181 Å². The number of hydrogen-bond acceptors (Lipinski definition) is 9. The van der Waals surface area contributed by atoms with E-state index in [4.69, 9.17) is 28.4 Å². The van der Waals surface area contributed by atoms with Crippen molar-refractivity contribution in [2.75, 3.05) is 79.6 Å². The van der Waals surface area contributed by atoms with Crippen molar-refractivity contribution in [3.05, 3.63) is 0 Å². The molecule has 1 aliphatic heterocycles. The Bertz CT molecular complexity index is 818. The quantitative estimate of drug-likeness (QED) is 0.0451. The van der Waals surface area contributed by atoms with Crippen LogP contribution in [-0.4, -0.2) is 103 Å². The van der Waals surface area contributed by atoms with Crippen LogP contribution in [0, 0.1) is 11.3 Å². The number of rotatable bonds is 38. The summed E-state index contributed by atoms with van der Waals surface area (Å²) >= 11 is 0. The standard InChI is InChI=1S/C44H85NO8/c1-6-8-10-12-14-19-25-41(26-20-15-13-11-9-7-2)42(46)52-34-24-17-16-23-33-51-40(3)39-50-36-35-48-31-21-18-22-32-49-37-38-53-43(47)44(4)27-29-45(5)30-28-44/h40-41H,6-39H2,1-5H3. The third-order valence-electron chi connectivity index (χ3n) is 10.7. The molecule has 314 valence electrons. The summed E-state index contributed by atoms with van der Waals surface area (Å²) in [5.41, 5.74) is -0.352. The lowest BCUT2D eigenvalue weighted by atomic mass is 9.80. The van der Waals surface area contributed by atoms with Crippen LogP contribution in [0.4, 0.5) is 0 Å². The molecule has 1 heterocycles. The van der Waals surface area contributed by atoms with Gasteiger partial charge < -0.3 is 33.3 Å². The van der Waals surface area contributed by atoms with Crippen LogP contribution in [0.1, 0.15) is 175 Å². The summed E-state index contributed by atoms with van der Waals surface area (Å²) < 4.78 is 34.2. The van der Waals surface area contributed by atoms with Crippen LogP contribution in [-0.2, 0) is 38.0 Å². The molecular weight excluding hydrogens is 670 g/mol. The first-order valence-electron chi connectivity index (χ1n) is 22.2. The molecule has 1 atom stereocenters. The number of hydrogen-bond donors (Lipinski definition) is 0. The van der Waals surface area contributed by atoms with Crippen LogP contribution in [0.5, 0.6) is 0 Å². The van der Waals surface area contributed by atoms with E-state index in [1.807, 2.05) is 6.92 Å². The fourth-order valence-electron chi connectivity index (χ4n) is 6.74. The number of unbranched alkanes of at least 4 members (excludes halogenated alkanes) is 15. The highest BCUT2D eigenvalue weighted by molar-refractivity contribution is 5.76. The van der Waals surface area contributed by atoms with Gasteiger partial charge in [-0.25, -0.2) is 0 Å². The molecule has 0 amide bonds. The zero-order chi connectivity index (χ0) is 38.7. The molecule has 0 aromatic rings. The second-order valence-electron chi connectivity index (χ2n) is 15.9. The molecule has 1 aliphatic rings. The Morgan fingerprint density at radius 2 is 1.04 bits per heavy atom. The monoisotopic (exact) mass is 756 g/mol. The number of piperidine rings is 1. The van der Waals surface area contributed by atoms with Crippen LogP contribution in [0.3, 0.4) is 0 Å². The van der Waals surface area contributed by atoms with E-state index in [1.165, 1.54) is 64.2 Å². The summed E-state index contributed by atoms with van der Waals surface area (Å²) in [6, 6.07) is 0. The lowest BCUT2D eigenvalue weighted by Crippen LogP contribution is -2.42. The zero-order valence-electron chi connectivity index (χ0n) is 35.4. The Hall–Kier alpha value is -1.26. The van der Waals surface area contributed by atoms with Gasteiger partial charge in [-0.3, -0.25) is 9.59 Å². The van der Waals surface area contributed by atoms with Gasteiger partial charge in [0.2, 0.25) is 0 Å². The second-order valence-corrected chi connectivity index (χ2v) is 15.9. The third kappa shape index (κ3) is 28.8. The molecule has 0 saturated carbocycles. The lowest BCUT2D eigenvalue weighted by molar-refractivity contribution is -0.159. The molecule has 0 spiro atoms. The highest BCUT2D eigenvalue weighted by Crippen LogP contribution is 2.31. The predicted octanol–water partition coefficient (Wildman–Crippen LogP) is 10.1. The average Bonchev–Trinajstić information content (AvgIpc) is 3.15. The SMILES string of the molecule is CCCCCCCCC(CCCCCCCC)C(=O)OCCCCCCOC(C)COCCOCCCCCOCCOC(=O)C1(C)CCN(C)CC1. The van der Waals surface area contributed by atoms with Gasteiger partial charge in [0.1, 0.15) is 6.61 Å². The predicted molar refractivity (Wildman–Crippen MR) is 216 cm³/mol. The number of carbonyl (C=O) groups is 2. The van der Waals surface area contributed by atoms with E-state index in [-0.39, 0.29) is 29.4 Å². The van der Waals surface area contributed by atoms with Gasteiger partial charge in [-0.2, -0.15) is 0 Å². The first-order chi connectivity index (χ1) is 25.8. The number of carbonyl (C=O) groups excluding carboxylic acids is 2. The van der Waals surface area contributed by atoms with Gasteiger partial charge in [0.25, 0.3) is 0 Å². The zero-order valence-corrected chi connectivity index (χ0v) is 35.4. The molecule has 0 bridgehead atoms. The topological polar surface area (TPSA) is 92.8 Å². The molecule has 1 unspecified atom stereocenters. The number of esters is 2. The van der Waals surface area contributed by atoms with Crippen molar-refractivity contribution >= 4 is 11.9 Å². The van der Waals surface area contributed by atoms with E-state index >= 15 is 0 Å². The molecular formula is C44H85NO8. The van der Waals surface area contributed by atoms with Gasteiger partial charge in [-0.15, -0.1) is 0 Å². The Kier molecular flexibility index (Phi) is 33.0. The largest absolute Gasteiger partial charge is 0.465 e. The van der Waals surface area contributed by atoms with E-state index in [1.54, 1.807) is 0 Å². The summed E-state index contributed by atoms with van der Waals surface area (Å²) in [6.07, 6.45) is 26.0. The smallest absolute Gasteiger partial charge is 0.311 e. The second kappa shape index (κ2) is 35.2. The van der Waals surface area contributed by atoms with E-state index in [9.17, 15) is 9.59 Å². The number of likely N-dealkylation sites (tertiary alicyclic amines) is 1. The Morgan fingerprint density at radius 3 is 1.64 bits per heavy atom. The summed E-state index contributed by atoms with van der Waals surface area (Å²) in [7, 11) is 2.09. The van der Waals surface area contributed by atoms with E-state index in [0.717, 1.165) is 110 Å². The van der Waals surface area contributed by atoms with Crippen molar-refractivity contribution in [1.82, 2.24) is 4.90 Å². The van der Waals surface area contributed by atoms with Crippen LogP contribution in [0.15, 0.2) is 0 Å². The fraction of sp³-hybridized carbons (Fsp3) is 0.955. The molecule has 0 radical (unpaired) electrons. The minimum Gasteiger partial charge on any atom is -0.465 e. The number of nitrogens with zero attached hydrogens (tertiary/aromatic N) is 1. The molecule has 0 aromatic carbocycles. The average molecular weight is 756 g/mol. The molecule has 0 aromatic heterocycles. The maximum atomic E-state index is 12.9. The minimum absolute atomic E-state index is 0.0431. The Morgan fingerprint density at radius 1 is 0.566 bits per heavy atom. The van der Waals surface area contributed by atoms with Gasteiger partial charge in [-0.05, 0) is 98.2 Å². The maximum absolute atomic E-state index is 12.9. The molecule has 1 rings (SSSR count). The Balaban J connectivity index is 1.92. The van der Waals surface area contributed by atoms with Crippen molar-refractivity contribution in [2.24, 2.45) is 11.3 Å². The normalized spacial score (nSPS) is 15.2. The van der Waals surface area contributed by atoms with Crippen molar-refractivity contribution in [3.63, 3.8) is 0 Å². The van der Waals surface area contributed by atoms with Crippen LogP contribution < -0.4 is 0 Å². The van der Waals surface area contributed by atoms with Gasteiger partial charge in [0.05, 0.1) is 50.5 Å². The molecule has 1 fully saturated rings. The molecule has 9 heteroatoms. The summed E-state index contributed by atoms with van der Waals surface area (Å²) in [6.45, 7) is 15.6. The molecule has 9 nitrogen and oxygen atoms in total. The van der Waals surface area contributed by atoms with Gasteiger partial charge in [-0.1, -0.05) is 97.3 Å². The third-order valence-corrected chi connectivity index (χ3v) is 10.7. The van der Waals surface area contributed by atoms with Gasteiger partial charge >= 0.3 is 11.9 Å². The van der Waals surface area contributed by atoms with Crippen LogP contribution in [0.2, 0.25) is 0 Å². The summed E-state index contributed by atoms with van der Waals surface area (Å²) in [4.78, 5) is 27.6.